The first-order valence-corrected chi connectivity index (χ1v) is 6.20. The van der Waals surface area contributed by atoms with E-state index in [2.05, 4.69) is 0 Å². The summed E-state index contributed by atoms with van der Waals surface area (Å²) in [6.07, 6.45) is 1.70. The molecule has 3 aromatic rings. The van der Waals surface area contributed by atoms with Crippen LogP contribution >= 0.6 is 0 Å². The van der Waals surface area contributed by atoms with Crippen molar-refractivity contribution in [3.8, 4) is 11.5 Å². The summed E-state index contributed by atoms with van der Waals surface area (Å²) in [5.41, 5.74) is 0.956. The van der Waals surface area contributed by atoms with Crippen LogP contribution in [0.3, 0.4) is 0 Å². The second-order valence-corrected chi connectivity index (χ2v) is 4.10. The number of ether oxygens (including phenoxy) is 2. The number of benzene rings is 2. The van der Waals surface area contributed by atoms with Crippen LogP contribution in [0.1, 0.15) is 0 Å². The number of para-hydroxylation sites is 3. The van der Waals surface area contributed by atoms with Crippen LogP contribution in [0, 0.1) is 0 Å². The van der Waals surface area contributed by atoms with Crippen LogP contribution in [0.4, 0.5) is 0 Å². The van der Waals surface area contributed by atoms with Gasteiger partial charge >= 0.3 is 0 Å². The van der Waals surface area contributed by atoms with Crippen molar-refractivity contribution in [3.05, 3.63) is 60.9 Å². The SMILES string of the molecule is c1ccc2c(c1)OCCO2.c1ccc2occc2c1. The van der Waals surface area contributed by atoms with Gasteiger partial charge in [0.25, 0.3) is 0 Å². The van der Waals surface area contributed by atoms with Gasteiger partial charge in [-0.2, -0.15) is 0 Å². The summed E-state index contributed by atoms with van der Waals surface area (Å²) in [5.74, 6) is 1.71. The van der Waals surface area contributed by atoms with Gasteiger partial charge in [0.1, 0.15) is 18.8 Å². The largest absolute Gasteiger partial charge is 0.486 e. The summed E-state index contributed by atoms with van der Waals surface area (Å²) in [7, 11) is 0. The van der Waals surface area contributed by atoms with Gasteiger partial charge in [0.2, 0.25) is 0 Å². The molecule has 2 aromatic carbocycles. The van der Waals surface area contributed by atoms with E-state index in [0.29, 0.717) is 13.2 Å². The number of fused-ring (bicyclic) bond motifs is 2. The number of hydrogen-bond donors (Lipinski definition) is 0. The molecule has 0 unspecified atom stereocenters. The lowest BCUT2D eigenvalue weighted by atomic mass is 10.3. The molecular formula is C16H14O3. The molecule has 96 valence electrons. The maximum atomic E-state index is 5.30. The van der Waals surface area contributed by atoms with Gasteiger partial charge in [0.05, 0.1) is 6.26 Å². The van der Waals surface area contributed by atoms with Crippen molar-refractivity contribution in [2.75, 3.05) is 13.2 Å². The minimum Gasteiger partial charge on any atom is -0.486 e. The quantitative estimate of drug-likeness (QED) is 0.610. The van der Waals surface area contributed by atoms with Gasteiger partial charge in [0.15, 0.2) is 11.5 Å². The normalized spacial score (nSPS) is 12.6. The molecule has 0 saturated heterocycles. The predicted octanol–water partition coefficient (Wildman–Crippen LogP) is 3.89. The Hall–Kier alpha value is -2.42. The summed E-state index contributed by atoms with van der Waals surface area (Å²) in [5, 5.41) is 1.16. The monoisotopic (exact) mass is 254 g/mol. The molecule has 19 heavy (non-hydrogen) atoms. The van der Waals surface area contributed by atoms with Crippen LogP contribution < -0.4 is 9.47 Å². The molecule has 0 aliphatic carbocycles. The van der Waals surface area contributed by atoms with Crippen molar-refractivity contribution < 1.29 is 13.9 Å². The Bertz CT molecular complexity index is 602. The highest BCUT2D eigenvalue weighted by Crippen LogP contribution is 2.28. The Kier molecular flexibility index (Phi) is 3.36. The fourth-order valence-corrected chi connectivity index (χ4v) is 1.90. The molecule has 3 nitrogen and oxygen atoms in total. The summed E-state index contributed by atoms with van der Waals surface area (Å²) in [4.78, 5) is 0. The van der Waals surface area contributed by atoms with Gasteiger partial charge in [-0.05, 0) is 24.3 Å². The fraction of sp³-hybridized carbons (Fsp3) is 0.125. The van der Waals surface area contributed by atoms with Crippen molar-refractivity contribution >= 4 is 11.0 Å². The highest BCUT2D eigenvalue weighted by Gasteiger charge is 2.07. The van der Waals surface area contributed by atoms with E-state index >= 15 is 0 Å². The molecule has 4 rings (SSSR count). The minimum absolute atomic E-state index is 0.664. The molecule has 1 aliphatic rings. The zero-order valence-corrected chi connectivity index (χ0v) is 10.4. The van der Waals surface area contributed by atoms with Crippen LogP contribution in [0.15, 0.2) is 65.3 Å². The first-order chi connectivity index (χ1) is 9.43. The Labute approximate surface area is 111 Å². The van der Waals surface area contributed by atoms with E-state index in [1.165, 1.54) is 0 Å². The van der Waals surface area contributed by atoms with Crippen LogP contribution in [0.2, 0.25) is 0 Å². The Morgan fingerprint density at radius 2 is 1.32 bits per heavy atom. The predicted molar refractivity (Wildman–Crippen MR) is 73.6 cm³/mol. The maximum absolute atomic E-state index is 5.30. The number of rotatable bonds is 0. The van der Waals surface area contributed by atoms with Crippen molar-refractivity contribution in [2.45, 2.75) is 0 Å². The van der Waals surface area contributed by atoms with Crippen molar-refractivity contribution in [3.63, 3.8) is 0 Å². The van der Waals surface area contributed by atoms with E-state index in [-0.39, 0.29) is 0 Å². The smallest absolute Gasteiger partial charge is 0.161 e. The molecule has 3 heteroatoms. The van der Waals surface area contributed by atoms with Gasteiger partial charge in [-0.25, -0.2) is 0 Å². The zero-order valence-electron chi connectivity index (χ0n) is 10.4. The standard InChI is InChI=1S/C8H8O2.C8H6O/c1-2-4-8-7(3-1)9-5-6-10-8;1-2-4-8-7(3-1)5-6-9-8/h1-4H,5-6H2;1-6H. The van der Waals surface area contributed by atoms with Crippen LogP contribution in [0.5, 0.6) is 11.5 Å². The highest BCUT2D eigenvalue weighted by molar-refractivity contribution is 5.76. The lowest BCUT2D eigenvalue weighted by molar-refractivity contribution is 0.171. The van der Waals surface area contributed by atoms with Crippen LogP contribution in [0.25, 0.3) is 11.0 Å². The average Bonchev–Trinajstić information content (AvgIpc) is 2.96. The molecule has 0 spiro atoms. The Morgan fingerprint density at radius 1 is 0.684 bits per heavy atom. The van der Waals surface area contributed by atoms with E-state index in [1.807, 2.05) is 54.6 Å². The molecule has 1 aromatic heterocycles. The van der Waals surface area contributed by atoms with Crippen molar-refractivity contribution in [1.29, 1.82) is 0 Å². The lowest BCUT2D eigenvalue weighted by Crippen LogP contribution is -2.14. The second kappa shape index (κ2) is 5.48. The van der Waals surface area contributed by atoms with E-state index in [1.54, 1.807) is 6.26 Å². The lowest BCUT2D eigenvalue weighted by Gasteiger charge is -2.17. The van der Waals surface area contributed by atoms with Gasteiger partial charge in [-0.3, -0.25) is 0 Å². The number of furan rings is 1. The third-order valence-electron chi connectivity index (χ3n) is 2.81. The van der Waals surface area contributed by atoms with Crippen LogP contribution in [-0.2, 0) is 0 Å². The molecule has 0 atom stereocenters. The van der Waals surface area contributed by atoms with E-state index in [9.17, 15) is 0 Å². The molecule has 2 heterocycles. The van der Waals surface area contributed by atoms with E-state index in [4.69, 9.17) is 13.9 Å². The molecule has 0 fully saturated rings. The number of hydrogen-bond acceptors (Lipinski definition) is 3. The molecule has 0 saturated carbocycles. The summed E-state index contributed by atoms with van der Waals surface area (Å²) >= 11 is 0. The van der Waals surface area contributed by atoms with E-state index in [0.717, 1.165) is 22.5 Å². The minimum atomic E-state index is 0.664. The molecule has 0 bridgehead atoms. The van der Waals surface area contributed by atoms with Gasteiger partial charge in [-0.1, -0.05) is 30.3 Å². The van der Waals surface area contributed by atoms with Gasteiger partial charge in [-0.15, -0.1) is 0 Å². The Morgan fingerprint density at radius 3 is 2.00 bits per heavy atom. The third-order valence-corrected chi connectivity index (χ3v) is 2.81. The molecule has 0 N–H and O–H groups in total. The van der Waals surface area contributed by atoms with E-state index < -0.39 is 0 Å². The fourth-order valence-electron chi connectivity index (χ4n) is 1.90. The Balaban J connectivity index is 0.000000117. The first-order valence-electron chi connectivity index (χ1n) is 6.20. The zero-order chi connectivity index (χ0) is 12.9. The van der Waals surface area contributed by atoms with Gasteiger partial charge < -0.3 is 13.9 Å². The maximum Gasteiger partial charge on any atom is 0.161 e. The summed E-state index contributed by atoms with van der Waals surface area (Å²) in [6.45, 7) is 1.33. The first kappa shape index (κ1) is 11.7. The second-order valence-electron chi connectivity index (χ2n) is 4.10. The summed E-state index contributed by atoms with van der Waals surface area (Å²) in [6, 6.07) is 17.6. The molecule has 1 aliphatic heterocycles. The van der Waals surface area contributed by atoms with Crippen LogP contribution in [-0.4, -0.2) is 13.2 Å². The molecular weight excluding hydrogens is 240 g/mol. The van der Waals surface area contributed by atoms with Crippen molar-refractivity contribution in [2.24, 2.45) is 0 Å². The van der Waals surface area contributed by atoms with Crippen molar-refractivity contribution in [1.82, 2.24) is 0 Å². The third kappa shape index (κ3) is 2.71. The topological polar surface area (TPSA) is 31.6 Å². The average molecular weight is 254 g/mol. The highest BCUT2D eigenvalue weighted by atomic mass is 16.6. The van der Waals surface area contributed by atoms with Gasteiger partial charge in [0, 0.05) is 5.39 Å². The molecule has 0 amide bonds. The molecule has 0 radical (unpaired) electrons. The summed E-state index contributed by atoms with van der Waals surface area (Å²) < 4.78 is 15.7.